The smallest absolute Gasteiger partial charge is 0.412 e. The van der Waals surface area contributed by atoms with Gasteiger partial charge in [-0.15, -0.1) is 0 Å². The Balaban J connectivity index is 2.48. The summed E-state index contributed by atoms with van der Waals surface area (Å²) in [7, 11) is 1.35. The number of hydrogen-bond donors (Lipinski definition) is 1. The van der Waals surface area contributed by atoms with Gasteiger partial charge in [0.25, 0.3) is 0 Å². The summed E-state index contributed by atoms with van der Waals surface area (Å²) in [6.45, 7) is 2.34. The normalized spacial score (nSPS) is 9.94. The maximum atomic E-state index is 13.3. The number of rotatable bonds is 6. The zero-order valence-electron chi connectivity index (χ0n) is 10.4. The van der Waals surface area contributed by atoms with Crippen LogP contribution in [0.2, 0.25) is 0 Å². The van der Waals surface area contributed by atoms with E-state index in [-0.39, 0.29) is 11.8 Å². The Morgan fingerprint density at radius 1 is 1.50 bits per heavy atom. The largest absolute Gasteiger partial charge is 0.467 e. The molecule has 1 heterocycles. The van der Waals surface area contributed by atoms with Crippen LogP contribution in [0.15, 0.2) is 6.20 Å². The van der Waals surface area contributed by atoms with Crippen LogP contribution in [0.25, 0.3) is 0 Å². The molecule has 6 nitrogen and oxygen atoms in total. The number of nitrogens with zero attached hydrogens (tertiary/aromatic N) is 2. The van der Waals surface area contributed by atoms with Gasteiger partial charge in [-0.3, -0.25) is 5.32 Å². The minimum absolute atomic E-state index is 0.0299. The summed E-state index contributed by atoms with van der Waals surface area (Å²) < 4.78 is 22.8. The Bertz CT molecular complexity index is 401. The first-order valence-electron chi connectivity index (χ1n) is 5.67. The van der Waals surface area contributed by atoms with Gasteiger partial charge in [0, 0.05) is 0 Å². The van der Waals surface area contributed by atoms with Gasteiger partial charge in [0.15, 0.2) is 11.6 Å². The molecule has 0 unspecified atom stereocenters. The molecule has 0 saturated carbocycles. The van der Waals surface area contributed by atoms with Crippen LogP contribution in [0.3, 0.4) is 0 Å². The molecule has 0 aromatic carbocycles. The quantitative estimate of drug-likeness (QED) is 0.792. The van der Waals surface area contributed by atoms with Crippen LogP contribution in [0.4, 0.5) is 15.0 Å². The fourth-order valence-electron chi connectivity index (χ4n) is 1.19. The summed E-state index contributed by atoms with van der Waals surface area (Å²) in [5.74, 6) is -1.01. The topological polar surface area (TPSA) is 73.3 Å². The van der Waals surface area contributed by atoms with Crippen LogP contribution in [0.5, 0.6) is 6.01 Å². The van der Waals surface area contributed by atoms with Crippen molar-refractivity contribution < 1.29 is 18.7 Å². The second-order valence-corrected chi connectivity index (χ2v) is 3.52. The van der Waals surface area contributed by atoms with Crippen molar-refractivity contribution in [3.05, 3.63) is 12.0 Å². The number of halogens is 1. The predicted octanol–water partition coefficient (Wildman–Crippen LogP) is 2.36. The lowest BCUT2D eigenvalue weighted by Crippen LogP contribution is -2.16. The third-order valence-electron chi connectivity index (χ3n) is 2.11. The van der Waals surface area contributed by atoms with E-state index in [0.29, 0.717) is 6.61 Å². The van der Waals surface area contributed by atoms with Crippen LogP contribution in [-0.2, 0) is 4.74 Å². The average molecular weight is 257 g/mol. The van der Waals surface area contributed by atoms with Gasteiger partial charge in [-0.25, -0.2) is 14.2 Å². The lowest BCUT2D eigenvalue weighted by atomic mass is 10.3. The van der Waals surface area contributed by atoms with E-state index < -0.39 is 11.9 Å². The van der Waals surface area contributed by atoms with Crippen molar-refractivity contribution in [2.75, 3.05) is 19.0 Å². The number of carbonyl (C=O) groups excluding carboxylic acids is 1. The molecular weight excluding hydrogens is 241 g/mol. The molecule has 0 fully saturated rings. The Kier molecular flexibility index (Phi) is 5.83. The molecule has 18 heavy (non-hydrogen) atoms. The van der Waals surface area contributed by atoms with Gasteiger partial charge in [0.05, 0.1) is 19.9 Å². The van der Waals surface area contributed by atoms with Crippen molar-refractivity contribution >= 4 is 11.9 Å². The van der Waals surface area contributed by atoms with Gasteiger partial charge in [-0.1, -0.05) is 19.8 Å². The van der Waals surface area contributed by atoms with E-state index in [4.69, 9.17) is 9.47 Å². The standard InChI is InChI=1S/C11H16FN3O3/c1-3-4-5-6-18-11(16)15-9-8(12)7-13-10(14-9)17-2/h7H,3-6H2,1-2H3,(H,13,14,15,16). The van der Waals surface area contributed by atoms with E-state index in [1.807, 2.05) is 6.92 Å². The number of carbonyl (C=O) groups is 1. The first-order valence-corrected chi connectivity index (χ1v) is 5.67. The SMILES string of the molecule is CCCCCOC(=O)Nc1nc(OC)ncc1F. The molecule has 0 aliphatic carbocycles. The molecule has 0 aliphatic heterocycles. The summed E-state index contributed by atoms with van der Waals surface area (Å²) in [4.78, 5) is 18.5. The summed E-state index contributed by atoms with van der Waals surface area (Å²) in [6, 6.07) is -0.0299. The van der Waals surface area contributed by atoms with E-state index in [1.54, 1.807) is 0 Å². The number of hydrogen-bond acceptors (Lipinski definition) is 5. The second-order valence-electron chi connectivity index (χ2n) is 3.52. The Morgan fingerprint density at radius 2 is 2.28 bits per heavy atom. The van der Waals surface area contributed by atoms with Gasteiger partial charge >= 0.3 is 12.1 Å². The highest BCUT2D eigenvalue weighted by atomic mass is 19.1. The highest BCUT2D eigenvalue weighted by Crippen LogP contribution is 2.13. The van der Waals surface area contributed by atoms with Crippen molar-refractivity contribution in [3.63, 3.8) is 0 Å². The molecule has 0 radical (unpaired) electrons. The molecule has 0 atom stereocenters. The third-order valence-corrected chi connectivity index (χ3v) is 2.11. The first-order chi connectivity index (χ1) is 8.67. The van der Waals surface area contributed by atoms with E-state index in [0.717, 1.165) is 25.5 Å². The van der Waals surface area contributed by atoms with E-state index in [2.05, 4.69) is 15.3 Å². The Morgan fingerprint density at radius 3 is 2.94 bits per heavy atom. The molecule has 0 saturated heterocycles. The zero-order valence-corrected chi connectivity index (χ0v) is 10.4. The molecule has 0 spiro atoms. The first kappa shape index (κ1) is 14.1. The van der Waals surface area contributed by atoms with Crippen molar-refractivity contribution in [1.29, 1.82) is 0 Å². The number of anilines is 1. The van der Waals surface area contributed by atoms with Crippen LogP contribution in [0, 0.1) is 5.82 Å². The van der Waals surface area contributed by atoms with Crippen molar-refractivity contribution in [1.82, 2.24) is 9.97 Å². The average Bonchev–Trinajstić information content (AvgIpc) is 2.37. The van der Waals surface area contributed by atoms with E-state index >= 15 is 0 Å². The fourth-order valence-corrected chi connectivity index (χ4v) is 1.19. The Hall–Kier alpha value is -1.92. The third kappa shape index (κ3) is 4.52. The van der Waals surface area contributed by atoms with Crippen LogP contribution in [-0.4, -0.2) is 29.8 Å². The van der Waals surface area contributed by atoms with Gasteiger partial charge in [-0.05, 0) is 6.42 Å². The van der Waals surface area contributed by atoms with E-state index in [9.17, 15) is 9.18 Å². The second kappa shape index (κ2) is 7.41. The molecule has 1 N–H and O–H groups in total. The minimum atomic E-state index is -0.749. The monoisotopic (exact) mass is 257 g/mol. The molecule has 1 aromatic rings. The fraction of sp³-hybridized carbons (Fsp3) is 0.545. The number of amides is 1. The lowest BCUT2D eigenvalue weighted by Gasteiger charge is -2.07. The molecule has 100 valence electrons. The van der Waals surface area contributed by atoms with Gasteiger partial charge < -0.3 is 9.47 Å². The zero-order chi connectivity index (χ0) is 13.4. The van der Waals surface area contributed by atoms with Crippen LogP contribution in [0.1, 0.15) is 26.2 Å². The number of nitrogens with one attached hydrogen (secondary N) is 1. The maximum absolute atomic E-state index is 13.3. The number of ether oxygens (including phenoxy) is 2. The summed E-state index contributed by atoms with van der Waals surface area (Å²) >= 11 is 0. The summed E-state index contributed by atoms with van der Waals surface area (Å²) in [5.41, 5.74) is 0. The maximum Gasteiger partial charge on any atom is 0.412 e. The van der Waals surface area contributed by atoms with Crippen LogP contribution < -0.4 is 10.1 Å². The molecular formula is C11H16FN3O3. The summed E-state index contributed by atoms with van der Waals surface area (Å²) in [5, 5.41) is 2.19. The Labute approximate surface area is 105 Å². The number of methoxy groups -OCH3 is 1. The highest BCUT2D eigenvalue weighted by molar-refractivity contribution is 5.83. The summed E-state index contributed by atoms with van der Waals surface area (Å²) in [6.07, 6.45) is 2.95. The molecule has 7 heteroatoms. The highest BCUT2D eigenvalue weighted by Gasteiger charge is 2.11. The van der Waals surface area contributed by atoms with Gasteiger partial charge in [0.2, 0.25) is 0 Å². The van der Waals surface area contributed by atoms with Crippen molar-refractivity contribution in [2.45, 2.75) is 26.2 Å². The number of unbranched alkanes of at least 4 members (excludes halogenated alkanes) is 2. The van der Waals surface area contributed by atoms with Crippen LogP contribution >= 0.6 is 0 Å². The minimum Gasteiger partial charge on any atom is -0.467 e. The van der Waals surface area contributed by atoms with E-state index in [1.165, 1.54) is 7.11 Å². The molecule has 1 amide bonds. The molecule has 1 rings (SSSR count). The van der Waals surface area contributed by atoms with Crippen molar-refractivity contribution in [3.8, 4) is 6.01 Å². The van der Waals surface area contributed by atoms with Crippen molar-refractivity contribution in [2.24, 2.45) is 0 Å². The predicted molar refractivity (Wildman–Crippen MR) is 63.0 cm³/mol. The lowest BCUT2D eigenvalue weighted by molar-refractivity contribution is 0.159. The van der Waals surface area contributed by atoms with Gasteiger partial charge in [-0.2, -0.15) is 4.98 Å². The molecule has 0 bridgehead atoms. The molecule has 1 aromatic heterocycles. The number of aromatic nitrogens is 2. The molecule has 0 aliphatic rings. The van der Waals surface area contributed by atoms with Gasteiger partial charge in [0.1, 0.15) is 0 Å².